The van der Waals surface area contributed by atoms with Crippen molar-refractivity contribution in [3.8, 4) is 0 Å². The predicted octanol–water partition coefficient (Wildman–Crippen LogP) is 13.0. The number of esters is 1. The first-order valence-electron chi connectivity index (χ1n) is 22.7. The Kier molecular flexibility index (Phi) is 34.8. The highest BCUT2D eigenvalue weighted by molar-refractivity contribution is 5.69. The lowest BCUT2D eigenvalue weighted by atomic mass is 10.0. The summed E-state index contributed by atoms with van der Waals surface area (Å²) in [6.07, 6.45) is 41.3. The van der Waals surface area contributed by atoms with Gasteiger partial charge in [-0.2, -0.15) is 0 Å². The molecule has 2 atom stereocenters. The SMILES string of the molecule is CCCCCCCCC(CCCCCCCC)OCCCCCCCCN(CCO)CCCCCCCC(=O)OCC1CC1CCCCCC. The third kappa shape index (κ3) is 30.9. The van der Waals surface area contributed by atoms with Crippen LogP contribution >= 0.6 is 0 Å². The zero-order valence-corrected chi connectivity index (χ0v) is 34.2. The van der Waals surface area contributed by atoms with Gasteiger partial charge in [0.25, 0.3) is 0 Å². The van der Waals surface area contributed by atoms with E-state index in [1.807, 2.05) is 0 Å². The number of hydrogen-bond acceptors (Lipinski definition) is 5. The molecule has 1 aliphatic rings. The van der Waals surface area contributed by atoms with Gasteiger partial charge in [0.1, 0.15) is 0 Å². The number of aliphatic hydroxyl groups is 1. The fraction of sp³-hybridized carbons (Fsp3) is 0.978. The molecule has 1 fully saturated rings. The van der Waals surface area contributed by atoms with Crippen molar-refractivity contribution in [2.24, 2.45) is 11.8 Å². The van der Waals surface area contributed by atoms with Gasteiger partial charge in [0.05, 0.1) is 19.3 Å². The zero-order valence-electron chi connectivity index (χ0n) is 34.2. The Morgan fingerprint density at radius 1 is 0.580 bits per heavy atom. The van der Waals surface area contributed by atoms with E-state index in [0.29, 0.717) is 25.0 Å². The Bertz CT molecular complexity index is 687. The minimum Gasteiger partial charge on any atom is -0.465 e. The molecule has 1 N–H and O–H groups in total. The lowest BCUT2D eigenvalue weighted by Crippen LogP contribution is -2.29. The van der Waals surface area contributed by atoms with Gasteiger partial charge in [-0.3, -0.25) is 4.79 Å². The quantitative estimate of drug-likeness (QED) is 0.0506. The highest BCUT2D eigenvalue weighted by atomic mass is 16.5. The smallest absolute Gasteiger partial charge is 0.305 e. The maximum Gasteiger partial charge on any atom is 0.305 e. The van der Waals surface area contributed by atoms with Crippen molar-refractivity contribution in [1.82, 2.24) is 4.90 Å². The van der Waals surface area contributed by atoms with Crippen molar-refractivity contribution in [3.05, 3.63) is 0 Å². The molecular weight excluding hydrogens is 618 g/mol. The third-order valence-electron chi connectivity index (χ3n) is 11.2. The molecule has 0 aromatic heterocycles. The average Bonchev–Trinajstić information content (AvgIpc) is 3.88. The number of aliphatic hydroxyl groups excluding tert-OH is 1. The van der Waals surface area contributed by atoms with Crippen molar-refractivity contribution >= 4 is 5.97 Å². The van der Waals surface area contributed by atoms with Crippen LogP contribution in [0, 0.1) is 11.8 Å². The van der Waals surface area contributed by atoms with Crippen LogP contribution in [0.3, 0.4) is 0 Å². The molecule has 1 saturated carbocycles. The molecule has 0 aromatic carbocycles. The number of carbonyl (C=O) groups excluding carboxylic acids is 1. The number of nitrogens with zero attached hydrogens (tertiary/aromatic N) is 1. The van der Waals surface area contributed by atoms with Gasteiger partial charge in [-0.05, 0) is 69.9 Å². The molecule has 0 aromatic rings. The normalized spacial score (nSPS) is 15.8. The fourth-order valence-corrected chi connectivity index (χ4v) is 7.60. The molecule has 0 amide bonds. The van der Waals surface area contributed by atoms with Crippen LogP contribution in [0.15, 0.2) is 0 Å². The van der Waals surface area contributed by atoms with E-state index in [0.717, 1.165) is 45.0 Å². The van der Waals surface area contributed by atoms with E-state index in [2.05, 4.69) is 25.7 Å². The van der Waals surface area contributed by atoms with Gasteiger partial charge in [0.15, 0.2) is 0 Å². The molecule has 1 aliphatic carbocycles. The van der Waals surface area contributed by atoms with Crippen molar-refractivity contribution in [3.63, 3.8) is 0 Å². The van der Waals surface area contributed by atoms with E-state index in [9.17, 15) is 9.90 Å². The second-order valence-electron chi connectivity index (χ2n) is 16.1. The maximum atomic E-state index is 12.1. The largest absolute Gasteiger partial charge is 0.465 e. The topological polar surface area (TPSA) is 59.0 Å². The summed E-state index contributed by atoms with van der Waals surface area (Å²) in [6.45, 7) is 11.7. The van der Waals surface area contributed by atoms with Crippen LogP contribution in [0.4, 0.5) is 0 Å². The first-order chi connectivity index (χ1) is 24.6. The minimum absolute atomic E-state index is 0.00957. The molecule has 0 heterocycles. The lowest BCUT2D eigenvalue weighted by Gasteiger charge is -2.21. The molecule has 0 spiro atoms. The zero-order chi connectivity index (χ0) is 36.2. The van der Waals surface area contributed by atoms with Crippen LogP contribution in [-0.4, -0.2) is 61.5 Å². The van der Waals surface area contributed by atoms with E-state index >= 15 is 0 Å². The molecule has 0 bridgehead atoms. The van der Waals surface area contributed by atoms with Gasteiger partial charge < -0.3 is 19.5 Å². The molecule has 2 unspecified atom stereocenters. The molecule has 0 radical (unpaired) electrons. The Balaban J connectivity index is 2.01. The fourth-order valence-electron chi connectivity index (χ4n) is 7.60. The van der Waals surface area contributed by atoms with Gasteiger partial charge in [-0.25, -0.2) is 0 Å². The van der Waals surface area contributed by atoms with E-state index in [1.54, 1.807) is 0 Å². The highest BCUT2D eigenvalue weighted by Gasteiger charge is 2.37. The second kappa shape index (κ2) is 36.7. The Morgan fingerprint density at radius 3 is 1.62 bits per heavy atom. The Labute approximate surface area is 313 Å². The van der Waals surface area contributed by atoms with Crippen LogP contribution in [0.5, 0.6) is 0 Å². The van der Waals surface area contributed by atoms with Crippen molar-refractivity contribution in [2.45, 2.75) is 232 Å². The van der Waals surface area contributed by atoms with Gasteiger partial charge in [0, 0.05) is 19.6 Å². The first kappa shape index (κ1) is 47.4. The van der Waals surface area contributed by atoms with Crippen LogP contribution in [0.1, 0.15) is 226 Å². The monoisotopic (exact) mass is 708 g/mol. The molecule has 0 saturated heterocycles. The van der Waals surface area contributed by atoms with Crippen molar-refractivity contribution < 1.29 is 19.4 Å². The standard InChI is InChI=1S/C45H89NO4/c1-4-7-10-13-18-25-32-44(33-26-19-14-11-8-5-2)49-39-30-23-16-15-21-28-35-46(37-38-47)36-29-22-17-20-27-34-45(48)50-41-43-40-42(43)31-24-12-9-6-3/h42-44,47H,4-41H2,1-3H3. The van der Waals surface area contributed by atoms with E-state index in [4.69, 9.17) is 9.47 Å². The summed E-state index contributed by atoms with van der Waals surface area (Å²) >= 11 is 0. The molecule has 0 aliphatic heterocycles. The van der Waals surface area contributed by atoms with Crippen LogP contribution in [-0.2, 0) is 14.3 Å². The number of carbonyl (C=O) groups is 1. The van der Waals surface area contributed by atoms with Crippen LogP contribution in [0.2, 0.25) is 0 Å². The summed E-state index contributed by atoms with van der Waals surface area (Å²) in [5.74, 6) is 1.47. The predicted molar refractivity (Wildman–Crippen MR) is 216 cm³/mol. The molecule has 5 heteroatoms. The number of unbranched alkanes of at least 4 members (excludes halogenated alkanes) is 22. The molecular formula is C45H89NO4. The van der Waals surface area contributed by atoms with Crippen molar-refractivity contribution in [2.75, 3.05) is 39.5 Å². The summed E-state index contributed by atoms with van der Waals surface area (Å²) in [5, 5.41) is 9.56. The van der Waals surface area contributed by atoms with Crippen LogP contribution < -0.4 is 0 Å². The van der Waals surface area contributed by atoms with Crippen LogP contribution in [0.25, 0.3) is 0 Å². The van der Waals surface area contributed by atoms with Gasteiger partial charge in [-0.1, -0.05) is 175 Å². The summed E-state index contributed by atoms with van der Waals surface area (Å²) in [7, 11) is 0. The van der Waals surface area contributed by atoms with E-state index < -0.39 is 0 Å². The van der Waals surface area contributed by atoms with E-state index in [1.165, 1.54) is 186 Å². The second-order valence-corrected chi connectivity index (χ2v) is 16.1. The molecule has 298 valence electrons. The number of ether oxygens (including phenoxy) is 2. The Hall–Kier alpha value is -0.650. The maximum absolute atomic E-state index is 12.1. The summed E-state index contributed by atoms with van der Waals surface area (Å²) < 4.78 is 12.0. The lowest BCUT2D eigenvalue weighted by molar-refractivity contribution is -0.144. The van der Waals surface area contributed by atoms with Gasteiger partial charge >= 0.3 is 5.97 Å². The number of hydrogen-bond donors (Lipinski definition) is 1. The first-order valence-corrected chi connectivity index (χ1v) is 22.7. The van der Waals surface area contributed by atoms with E-state index in [-0.39, 0.29) is 12.6 Å². The summed E-state index contributed by atoms with van der Waals surface area (Å²) in [5.41, 5.74) is 0. The molecule has 50 heavy (non-hydrogen) atoms. The minimum atomic E-state index is 0.00957. The third-order valence-corrected chi connectivity index (χ3v) is 11.2. The summed E-state index contributed by atoms with van der Waals surface area (Å²) in [4.78, 5) is 14.6. The molecule has 5 nitrogen and oxygen atoms in total. The molecule has 1 rings (SSSR count). The van der Waals surface area contributed by atoms with Gasteiger partial charge in [-0.15, -0.1) is 0 Å². The van der Waals surface area contributed by atoms with Gasteiger partial charge in [0.2, 0.25) is 0 Å². The summed E-state index contributed by atoms with van der Waals surface area (Å²) in [6, 6.07) is 0. The highest BCUT2D eigenvalue weighted by Crippen LogP contribution is 2.42. The number of rotatable bonds is 41. The van der Waals surface area contributed by atoms with Crippen molar-refractivity contribution in [1.29, 1.82) is 0 Å². The average molecular weight is 708 g/mol. The Morgan fingerprint density at radius 2 is 1.06 bits per heavy atom.